The van der Waals surface area contributed by atoms with Crippen molar-refractivity contribution >= 4 is 69.0 Å². The van der Waals surface area contributed by atoms with Gasteiger partial charge in [0.2, 0.25) is 5.91 Å². The lowest BCUT2D eigenvalue weighted by molar-refractivity contribution is -0.136. The smallest absolute Gasteiger partial charge is 0.326 e. The molecule has 0 aliphatic rings. The topological polar surface area (TPSA) is 99.7 Å². The summed E-state index contributed by atoms with van der Waals surface area (Å²) >= 11 is 8.13. The number of amides is 3. The van der Waals surface area contributed by atoms with Gasteiger partial charge in [0, 0.05) is 25.7 Å². The van der Waals surface area contributed by atoms with Crippen molar-refractivity contribution in [3.63, 3.8) is 0 Å². The Kier molecular flexibility index (Phi) is 7.94. The van der Waals surface area contributed by atoms with Crippen LogP contribution in [-0.4, -0.2) is 23.4 Å². The molecule has 0 fully saturated rings. The van der Waals surface area contributed by atoms with Crippen LogP contribution in [0.4, 0.5) is 11.4 Å². The number of rotatable bonds is 5. The Balaban J connectivity index is 1.87. The number of hydrogen-bond donors (Lipinski definition) is 3. The number of carbonyl (C=O) groups excluding carboxylic acids is 3. The maximum Gasteiger partial charge on any atom is 0.329 e. The number of hydrogen-bond acceptors (Lipinski definition) is 4. The van der Waals surface area contributed by atoms with E-state index in [0.717, 1.165) is 3.57 Å². The highest BCUT2D eigenvalue weighted by molar-refractivity contribution is 14.1. The highest BCUT2D eigenvalue weighted by Crippen LogP contribution is 2.22. The largest absolute Gasteiger partial charge is 0.329 e. The minimum atomic E-state index is -0.947. The predicted octanol–water partition coefficient (Wildman–Crippen LogP) is 3.71. The second-order valence-corrected chi connectivity index (χ2v) is 7.54. The molecule has 146 valence electrons. The summed E-state index contributed by atoms with van der Waals surface area (Å²) in [7, 11) is 0. The van der Waals surface area contributed by atoms with Crippen LogP contribution in [0, 0.1) is 10.5 Å². The van der Waals surface area contributed by atoms with Crippen molar-refractivity contribution in [2.75, 3.05) is 10.6 Å². The Labute approximate surface area is 181 Å². The highest BCUT2D eigenvalue weighted by Gasteiger charge is 2.15. The van der Waals surface area contributed by atoms with Gasteiger partial charge in [-0.3, -0.25) is 14.4 Å². The second-order valence-electron chi connectivity index (χ2n) is 5.89. The van der Waals surface area contributed by atoms with Crippen LogP contribution in [0.1, 0.15) is 18.9 Å². The molecule has 0 saturated heterocycles. The lowest BCUT2D eigenvalue weighted by Gasteiger charge is -2.09. The molecule has 3 N–H and O–H groups in total. The molecular weight excluding hydrogens is 495 g/mol. The molecule has 3 amide bonds. The van der Waals surface area contributed by atoms with Gasteiger partial charge in [-0.1, -0.05) is 23.7 Å². The molecule has 0 aromatic heterocycles. The van der Waals surface area contributed by atoms with Crippen LogP contribution < -0.4 is 16.1 Å². The van der Waals surface area contributed by atoms with Crippen LogP contribution in [0.15, 0.2) is 47.6 Å². The van der Waals surface area contributed by atoms with Crippen molar-refractivity contribution in [2.24, 2.45) is 5.10 Å². The summed E-state index contributed by atoms with van der Waals surface area (Å²) in [6.07, 6.45) is -0.0270. The molecule has 0 saturated carbocycles. The highest BCUT2D eigenvalue weighted by atomic mass is 127. The normalized spacial score (nSPS) is 10.9. The first-order chi connectivity index (χ1) is 13.3. The zero-order valence-corrected chi connectivity index (χ0v) is 18.1. The van der Waals surface area contributed by atoms with Crippen LogP contribution in [0.25, 0.3) is 0 Å². The van der Waals surface area contributed by atoms with Crippen molar-refractivity contribution in [1.29, 1.82) is 0 Å². The summed E-state index contributed by atoms with van der Waals surface area (Å²) in [5, 5.41) is 9.48. The third-order valence-corrected chi connectivity index (χ3v) is 4.68. The summed E-state index contributed by atoms with van der Waals surface area (Å²) in [5.41, 5.74) is 4.24. The fourth-order valence-electron chi connectivity index (χ4n) is 2.16. The van der Waals surface area contributed by atoms with E-state index in [0.29, 0.717) is 27.7 Å². The van der Waals surface area contributed by atoms with Crippen LogP contribution in [0.5, 0.6) is 0 Å². The summed E-state index contributed by atoms with van der Waals surface area (Å²) in [6, 6.07) is 12.3. The summed E-state index contributed by atoms with van der Waals surface area (Å²) in [6.45, 7) is 3.30. The SMILES string of the molecule is CC(CC(=O)Nc1cccc(I)c1)=NNC(=O)C(=O)Nc1cccc(Cl)c1C. The number of nitrogens with zero attached hydrogens (tertiary/aromatic N) is 1. The molecule has 0 unspecified atom stereocenters. The number of nitrogens with one attached hydrogen (secondary N) is 3. The van der Waals surface area contributed by atoms with E-state index in [1.807, 2.05) is 18.2 Å². The minimum absolute atomic E-state index is 0.0270. The average molecular weight is 513 g/mol. The molecule has 2 aromatic rings. The number of halogens is 2. The molecule has 28 heavy (non-hydrogen) atoms. The van der Waals surface area contributed by atoms with Gasteiger partial charge in [0.25, 0.3) is 0 Å². The van der Waals surface area contributed by atoms with Gasteiger partial charge in [-0.15, -0.1) is 0 Å². The van der Waals surface area contributed by atoms with E-state index in [1.165, 1.54) is 0 Å². The van der Waals surface area contributed by atoms with Gasteiger partial charge in [-0.2, -0.15) is 5.10 Å². The first-order valence-corrected chi connectivity index (χ1v) is 9.67. The van der Waals surface area contributed by atoms with E-state index in [-0.39, 0.29) is 12.3 Å². The van der Waals surface area contributed by atoms with Crippen molar-refractivity contribution in [2.45, 2.75) is 20.3 Å². The molecule has 0 bridgehead atoms. The van der Waals surface area contributed by atoms with Gasteiger partial charge >= 0.3 is 11.8 Å². The van der Waals surface area contributed by atoms with E-state index in [4.69, 9.17) is 11.6 Å². The molecule has 0 aliphatic carbocycles. The van der Waals surface area contributed by atoms with Crippen molar-refractivity contribution < 1.29 is 14.4 Å². The van der Waals surface area contributed by atoms with E-state index < -0.39 is 11.8 Å². The van der Waals surface area contributed by atoms with Gasteiger partial charge < -0.3 is 10.6 Å². The fourth-order valence-corrected chi connectivity index (χ4v) is 2.88. The zero-order valence-electron chi connectivity index (χ0n) is 15.2. The van der Waals surface area contributed by atoms with Gasteiger partial charge in [-0.25, -0.2) is 5.43 Å². The molecule has 2 rings (SSSR count). The predicted molar refractivity (Wildman–Crippen MR) is 118 cm³/mol. The Morgan fingerprint density at radius 2 is 1.79 bits per heavy atom. The maximum atomic E-state index is 12.0. The monoisotopic (exact) mass is 512 g/mol. The van der Waals surface area contributed by atoms with Gasteiger partial charge in [-0.05, 0) is 72.3 Å². The number of hydrazone groups is 1. The Morgan fingerprint density at radius 1 is 1.07 bits per heavy atom. The number of benzene rings is 2. The Bertz CT molecular complexity index is 947. The summed E-state index contributed by atoms with van der Waals surface area (Å²) < 4.78 is 0.994. The molecule has 7 nitrogen and oxygen atoms in total. The van der Waals surface area contributed by atoms with Crippen molar-refractivity contribution in [3.05, 3.63) is 56.6 Å². The van der Waals surface area contributed by atoms with Crippen LogP contribution >= 0.6 is 34.2 Å². The molecule has 0 heterocycles. The maximum absolute atomic E-state index is 12.0. The van der Waals surface area contributed by atoms with Crippen molar-refractivity contribution in [3.8, 4) is 0 Å². The average Bonchev–Trinajstić information content (AvgIpc) is 2.63. The third kappa shape index (κ3) is 6.61. The fraction of sp³-hybridized carbons (Fsp3) is 0.158. The number of carbonyl (C=O) groups is 3. The van der Waals surface area contributed by atoms with E-state index in [1.54, 1.807) is 38.1 Å². The molecule has 2 aromatic carbocycles. The number of anilines is 2. The summed E-state index contributed by atoms with van der Waals surface area (Å²) in [5.74, 6) is -2.11. The Morgan fingerprint density at radius 3 is 2.50 bits per heavy atom. The van der Waals surface area contributed by atoms with Gasteiger partial charge in [0.1, 0.15) is 0 Å². The second kappa shape index (κ2) is 10.2. The van der Waals surface area contributed by atoms with Gasteiger partial charge in [0.15, 0.2) is 0 Å². The first kappa shape index (κ1) is 21.8. The Hall–Kier alpha value is -2.46. The minimum Gasteiger partial charge on any atom is -0.326 e. The first-order valence-electron chi connectivity index (χ1n) is 8.21. The van der Waals surface area contributed by atoms with E-state index in [9.17, 15) is 14.4 Å². The molecule has 9 heteroatoms. The molecular formula is C19H18ClIN4O3. The molecule has 0 atom stereocenters. The standard InChI is InChI=1S/C19H18ClIN4O3/c1-11(9-17(26)22-14-6-3-5-13(21)10-14)24-25-19(28)18(27)23-16-8-4-7-15(20)12(16)2/h3-8,10H,9H2,1-2H3,(H,22,26)(H,23,27)(H,25,28). The van der Waals surface area contributed by atoms with Crippen molar-refractivity contribution in [1.82, 2.24) is 5.43 Å². The van der Waals surface area contributed by atoms with Crippen LogP contribution in [0.3, 0.4) is 0 Å². The van der Waals surface area contributed by atoms with E-state index >= 15 is 0 Å². The zero-order chi connectivity index (χ0) is 20.7. The van der Waals surface area contributed by atoms with Gasteiger partial charge in [0.05, 0.1) is 6.42 Å². The lowest BCUT2D eigenvalue weighted by Crippen LogP contribution is -2.33. The molecule has 0 spiro atoms. The van der Waals surface area contributed by atoms with Crippen LogP contribution in [-0.2, 0) is 14.4 Å². The molecule has 0 radical (unpaired) electrons. The quantitative estimate of drug-likeness (QED) is 0.246. The van der Waals surface area contributed by atoms with E-state index in [2.05, 4.69) is 43.8 Å². The molecule has 0 aliphatic heterocycles. The lowest BCUT2D eigenvalue weighted by atomic mass is 10.2. The summed E-state index contributed by atoms with van der Waals surface area (Å²) in [4.78, 5) is 35.9. The van der Waals surface area contributed by atoms with Crippen LogP contribution in [0.2, 0.25) is 5.02 Å². The third-order valence-electron chi connectivity index (χ3n) is 3.60.